The second-order valence-electron chi connectivity index (χ2n) is 4.30. The second kappa shape index (κ2) is 7.28. The molecular formula is C13H21N3OS. The first kappa shape index (κ1) is 14.9. The molecule has 2 N–H and O–H groups in total. The van der Waals surface area contributed by atoms with Crippen molar-refractivity contribution >= 4 is 17.2 Å². The maximum absolute atomic E-state index is 5.65. The van der Waals surface area contributed by atoms with E-state index in [1.807, 2.05) is 25.1 Å². The minimum Gasteiger partial charge on any atom is -0.481 e. The summed E-state index contributed by atoms with van der Waals surface area (Å²) in [5.74, 6) is 0.858. The maximum atomic E-state index is 5.65. The lowest BCUT2D eigenvalue weighted by Gasteiger charge is -2.23. The quantitative estimate of drug-likeness (QED) is 0.764. The van der Waals surface area contributed by atoms with Gasteiger partial charge in [0.25, 0.3) is 0 Å². The highest BCUT2D eigenvalue weighted by Crippen LogP contribution is 2.10. The van der Waals surface area contributed by atoms with Crippen LogP contribution in [-0.4, -0.2) is 35.1 Å². The number of aromatic nitrogens is 1. The van der Waals surface area contributed by atoms with Crippen molar-refractivity contribution in [2.24, 2.45) is 11.7 Å². The summed E-state index contributed by atoms with van der Waals surface area (Å²) in [5.41, 5.74) is 6.64. The zero-order chi connectivity index (χ0) is 13.5. The Morgan fingerprint density at radius 3 is 2.83 bits per heavy atom. The van der Waals surface area contributed by atoms with Gasteiger partial charge in [0.1, 0.15) is 0 Å². The Labute approximate surface area is 114 Å². The van der Waals surface area contributed by atoms with E-state index < -0.39 is 0 Å². The predicted molar refractivity (Wildman–Crippen MR) is 77.7 cm³/mol. The average Bonchev–Trinajstić information content (AvgIpc) is 2.37. The van der Waals surface area contributed by atoms with Crippen LogP contribution in [0.25, 0.3) is 0 Å². The summed E-state index contributed by atoms with van der Waals surface area (Å²) >= 11 is 5.00. The van der Waals surface area contributed by atoms with E-state index in [1.54, 1.807) is 7.11 Å². The van der Waals surface area contributed by atoms with Gasteiger partial charge in [-0.2, -0.15) is 0 Å². The van der Waals surface area contributed by atoms with Gasteiger partial charge < -0.3 is 10.5 Å². The molecular weight excluding hydrogens is 246 g/mol. The monoisotopic (exact) mass is 267 g/mol. The smallest absolute Gasteiger partial charge is 0.213 e. The van der Waals surface area contributed by atoms with Crippen molar-refractivity contribution in [3.63, 3.8) is 0 Å². The number of thiocarbonyl (C=S) groups is 1. The van der Waals surface area contributed by atoms with Gasteiger partial charge in [0.15, 0.2) is 0 Å². The summed E-state index contributed by atoms with van der Waals surface area (Å²) in [6, 6.07) is 5.79. The fourth-order valence-corrected chi connectivity index (χ4v) is 1.75. The van der Waals surface area contributed by atoms with Gasteiger partial charge in [0.05, 0.1) is 17.8 Å². The highest BCUT2D eigenvalue weighted by Gasteiger charge is 2.12. The molecule has 100 valence electrons. The molecule has 1 atom stereocenters. The Morgan fingerprint density at radius 1 is 1.56 bits per heavy atom. The molecule has 1 aromatic heterocycles. The van der Waals surface area contributed by atoms with Crippen LogP contribution in [0.3, 0.4) is 0 Å². The Hall–Kier alpha value is -1.20. The van der Waals surface area contributed by atoms with E-state index in [9.17, 15) is 0 Å². The zero-order valence-corrected chi connectivity index (χ0v) is 12.0. The van der Waals surface area contributed by atoms with Gasteiger partial charge in [-0.1, -0.05) is 32.1 Å². The van der Waals surface area contributed by atoms with E-state index in [4.69, 9.17) is 22.7 Å². The average molecular weight is 267 g/mol. The first-order valence-electron chi connectivity index (χ1n) is 6.08. The van der Waals surface area contributed by atoms with E-state index in [2.05, 4.69) is 16.8 Å². The van der Waals surface area contributed by atoms with Gasteiger partial charge in [-0.25, -0.2) is 4.98 Å². The first-order valence-corrected chi connectivity index (χ1v) is 6.49. The molecule has 0 aromatic carbocycles. The summed E-state index contributed by atoms with van der Waals surface area (Å²) in [7, 11) is 1.62. The van der Waals surface area contributed by atoms with Crippen molar-refractivity contribution in [2.75, 3.05) is 20.2 Å². The predicted octanol–water partition coefficient (Wildman–Crippen LogP) is 1.83. The summed E-state index contributed by atoms with van der Waals surface area (Å²) in [6.45, 7) is 6.73. The highest BCUT2D eigenvalue weighted by molar-refractivity contribution is 7.80. The lowest BCUT2D eigenvalue weighted by atomic mass is 10.1. The number of nitrogens with two attached hydrogens (primary N) is 1. The first-order chi connectivity index (χ1) is 8.56. The molecule has 0 bridgehead atoms. The van der Waals surface area contributed by atoms with Crippen LogP contribution < -0.4 is 10.5 Å². The molecule has 1 rings (SSSR count). The molecule has 0 saturated carbocycles. The van der Waals surface area contributed by atoms with Gasteiger partial charge in [-0.15, -0.1) is 0 Å². The van der Waals surface area contributed by atoms with Crippen LogP contribution in [0.2, 0.25) is 0 Å². The zero-order valence-electron chi connectivity index (χ0n) is 11.2. The molecule has 1 heterocycles. The molecule has 1 unspecified atom stereocenters. The Balaban J connectivity index is 2.64. The van der Waals surface area contributed by atoms with Crippen molar-refractivity contribution in [1.29, 1.82) is 0 Å². The molecule has 0 saturated heterocycles. The summed E-state index contributed by atoms with van der Waals surface area (Å²) in [6.07, 6.45) is 0. The summed E-state index contributed by atoms with van der Waals surface area (Å²) in [5, 5.41) is 0. The molecule has 5 heteroatoms. The molecule has 0 aliphatic heterocycles. The number of ether oxygens (including phenoxy) is 1. The van der Waals surface area contributed by atoms with Gasteiger partial charge in [0.2, 0.25) is 5.88 Å². The number of methoxy groups -OCH3 is 1. The van der Waals surface area contributed by atoms with Crippen molar-refractivity contribution in [2.45, 2.75) is 20.4 Å². The van der Waals surface area contributed by atoms with Crippen molar-refractivity contribution in [3.8, 4) is 5.88 Å². The molecule has 4 nitrogen and oxygen atoms in total. The fraction of sp³-hybridized carbons (Fsp3) is 0.538. The third-order valence-electron chi connectivity index (χ3n) is 2.84. The van der Waals surface area contributed by atoms with E-state index in [-0.39, 0.29) is 5.92 Å². The SMILES string of the molecule is CCN(Cc1cccc(OC)n1)CC(C)C(N)=S. The number of hydrogen-bond acceptors (Lipinski definition) is 4. The standard InChI is InChI=1S/C13H21N3OS/c1-4-16(8-10(2)13(14)18)9-11-6-5-7-12(15-11)17-3/h5-7,10H,4,8-9H2,1-3H3,(H2,14,18). The van der Waals surface area contributed by atoms with Crippen LogP contribution in [0.4, 0.5) is 0 Å². The molecule has 0 aliphatic carbocycles. The van der Waals surface area contributed by atoms with Gasteiger partial charge in [-0.05, 0) is 12.6 Å². The van der Waals surface area contributed by atoms with Crippen LogP contribution in [0.5, 0.6) is 5.88 Å². The normalized spacial score (nSPS) is 12.4. The minimum atomic E-state index is 0.213. The minimum absolute atomic E-state index is 0.213. The molecule has 18 heavy (non-hydrogen) atoms. The summed E-state index contributed by atoms with van der Waals surface area (Å²) < 4.78 is 5.12. The number of nitrogens with zero attached hydrogens (tertiary/aromatic N) is 2. The Morgan fingerprint density at radius 2 is 2.28 bits per heavy atom. The molecule has 1 aromatic rings. The van der Waals surface area contributed by atoms with Gasteiger partial charge >= 0.3 is 0 Å². The second-order valence-corrected chi connectivity index (χ2v) is 4.77. The van der Waals surface area contributed by atoms with Crippen LogP contribution in [0.15, 0.2) is 18.2 Å². The Bertz CT molecular complexity index is 398. The third-order valence-corrected chi connectivity index (χ3v) is 3.24. The van der Waals surface area contributed by atoms with E-state index in [1.165, 1.54) is 0 Å². The van der Waals surface area contributed by atoms with E-state index in [0.717, 1.165) is 25.3 Å². The number of rotatable bonds is 7. The molecule has 0 spiro atoms. The van der Waals surface area contributed by atoms with Crippen LogP contribution in [-0.2, 0) is 6.54 Å². The van der Waals surface area contributed by atoms with Crippen molar-refractivity contribution < 1.29 is 4.74 Å². The molecule has 0 aliphatic rings. The van der Waals surface area contributed by atoms with Crippen molar-refractivity contribution in [1.82, 2.24) is 9.88 Å². The van der Waals surface area contributed by atoms with Crippen LogP contribution >= 0.6 is 12.2 Å². The lowest BCUT2D eigenvalue weighted by Crippen LogP contribution is -2.33. The van der Waals surface area contributed by atoms with Crippen LogP contribution in [0, 0.1) is 5.92 Å². The fourth-order valence-electron chi connectivity index (χ4n) is 1.67. The van der Waals surface area contributed by atoms with E-state index in [0.29, 0.717) is 10.9 Å². The molecule has 0 amide bonds. The largest absolute Gasteiger partial charge is 0.481 e. The van der Waals surface area contributed by atoms with Crippen molar-refractivity contribution in [3.05, 3.63) is 23.9 Å². The topological polar surface area (TPSA) is 51.4 Å². The molecule has 0 fully saturated rings. The molecule has 0 radical (unpaired) electrons. The number of hydrogen-bond donors (Lipinski definition) is 1. The third kappa shape index (κ3) is 4.58. The van der Waals surface area contributed by atoms with Crippen LogP contribution in [0.1, 0.15) is 19.5 Å². The number of pyridine rings is 1. The maximum Gasteiger partial charge on any atom is 0.213 e. The lowest BCUT2D eigenvalue weighted by molar-refractivity contribution is 0.260. The Kier molecular flexibility index (Phi) is 6.01. The summed E-state index contributed by atoms with van der Waals surface area (Å²) in [4.78, 5) is 7.23. The van der Waals surface area contributed by atoms with E-state index >= 15 is 0 Å². The highest BCUT2D eigenvalue weighted by atomic mass is 32.1. The van der Waals surface area contributed by atoms with Gasteiger partial charge in [0, 0.05) is 25.1 Å². The van der Waals surface area contributed by atoms with Gasteiger partial charge in [-0.3, -0.25) is 4.90 Å².